The Hall–Kier alpha value is -3.75. The zero-order valence-corrected chi connectivity index (χ0v) is 16.3. The Bertz CT molecular complexity index is 1440. The van der Waals surface area contributed by atoms with Crippen molar-refractivity contribution < 1.29 is 5.11 Å². The number of para-hydroxylation sites is 1. The van der Waals surface area contributed by atoms with E-state index in [1.165, 1.54) is 0 Å². The van der Waals surface area contributed by atoms with Gasteiger partial charge in [-0.2, -0.15) is 0 Å². The number of aliphatic hydroxyl groups is 1. The Morgan fingerprint density at radius 3 is 2.03 bits per heavy atom. The van der Waals surface area contributed by atoms with E-state index in [2.05, 4.69) is 36.4 Å². The highest BCUT2D eigenvalue weighted by Gasteiger charge is 2.46. The number of hydrogen-bond donors (Lipinski definition) is 1. The van der Waals surface area contributed by atoms with Gasteiger partial charge in [0.1, 0.15) is 0 Å². The molecule has 0 radical (unpaired) electrons. The van der Waals surface area contributed by atoms with Crippen molar-refractivity contribution in [2.24, 2.45) is 4.99 Å². The summed E-state index contributed by atoms with van der Waals surface area (Å²) in [5.41, 5.74) is 2.91. The maximum Gasteiger partial charge on any atom is 0.159 e. The van der Waals surface area contributed by atoms with Crippen molar-refractivity contribution in [1.29, 1.82) is 0 Å². The van der Waals surface area contributed by atoms with E-state index in [0.29, 0.717) is 5.71 Å². The third kappa shape index (κ3) is 2.31. The number of hydrogen-bond acceptors (Lipinski definition) is 2. The number of aliphatic imine (C=N–C) groups is 1. The van der Waals surface area contributed by atoms with Crippen LogP contribution in [0.4, 0.5) is 5.69 Å². The third-order valence-electron chi connectivity index (χ3n) is 6.07. The molecule has 30 heavy (non-hydrogen) atoms. The zero-order valence-electron chi connectivity index (χ0n) is 16.3. The number of rotatable bonds is 2. The van der Waals surface area contributed by atoms with Crippen LogP contribution >= 0.6 is 0 Å². The minimum absolute atomic E-state index is 0.678. The summed E-state index contributed by atoms with van der Waals surface area (Å²) in [6.07, 6.45) is 0. The molecule has 5 aromatic carbocycles. The average Bonchev–Trinajstić information content (AvgIpc) is 3.05. The fourth-order valence-electron chi connectivity index (χ4n) is 4.75. The first-order valence-corrected chi connectivity index (χ1v) is 10.1. The molecule has 0 aliphatic heterocycles. The lowest BCUT2D eigenvalue weighted by molar-refractivity contribution is 0.162. The maximum absolute atomic E-state index is 12.5. The SMILES string of the molecule is OC1(c2cccc3ccccc23)/C(=N/c2ccccc2)c2cccc3cccc1c23. The maximum atomic E-state index is 12.5. The summed E-state index contributed by atoms with van der Waals surface area (Å²) < 4.78 is 0. The van der Waals surface area contributed by atoms with Crippen molar-refractivity contribution in [3.63, 3.8) is 0 Å². The Labute approximate surface area is 174 Å². The molecule has 2 nitrogen and oxygen atoms in total. The summed E-state index contributed by atoms with van der Waals surface area (Å²) in [7, 11) is 0. The van der Waals surface area contributed by atoms with E-state index < -0.39 is 5.60 Å². The van der Waals surface area contributed by atoms with Gasteiger partial charge >= 0.3 is 0 Å². The lowest BCUT2D eigenvalue weighted by Crippen LogP contribution is -2.34. The van der Waals surface area contributed by atoms with Gasteiger partial charge in [-0.1, -0.05) is 97.1 Å². The van der Waals surface area contributed by atoms with Gasteiger partial charge in [-0.25, -0.2) is 4.99 Å². The number of nitrogens with zero attached hydrogens (tertiary/aromatic N) is 1. The molecule has 0 saturated carbocycles. The Kier molecular flexibility index (Phi) is 3.64. The average molecular weight is 385 g/mol. The summed E-state index contributed by atoms with van der Waals surface area (Å²) in [5, 5.41) is 16.8. The normalized spacial score (nSPS) is 19.0. The Morgan fingerprint density at radius 2 is 1.20 bits per heavy atom. The second kappa shape index (κ2) is 6.38. The molecule has 0 spiro atoms. The van der Waals surface area contributed by atoms with Crippen LogP contribution in [0.15, 0.2) is 114 Å². The molecule has 0 heterocycles. The van der Waals surface area contributed by atoms with E-state index in [4.69, 9.17) is 4.99 Å². The number of fused-ring (bicyclic) bond motifs is 1. The largest absolute Gasteiger partial charge is 0.374 e. The van der Waals surface area contributed by atoms with Gasteiger partial charge in [0.05, 0.1) is 11.4 Å². The minimum atomic E-state index is -1.33. The second-order valence-electron chi connectivity index (χ2n) is 7.74. The summed E-state index contributed by atoms with van der Waals surface area (Å²) in [5.74, 6) is 0. The van der Waals surface area contributed by atoms with Crippen molar-refractivity contribution in [1.82, 2.24) is 0 Å². The Morgan fingerprint density at radius 1 is 0.567 bits per heavy atom. The van der Waals surface area contributed by atoms with Crippen LogP contribution in [-0.2, 0) is 5.60 Å². The van der Waals surface area contributed by atoms with Gasteiger partial charge in [-0.05, 0) is 33.7 Å². The molecule has 6 rings (SSSR count). The van der Waals surface area contributed by atoms with E-state index in [1.54, 1.807) is 0 Å². The standard InChI is InChI=1S/C28H19NO/c30-28(24-17-7-10-19-9-4-5-15-22(19)24)25-18-8-12-20-11-6-16-23(26(20)25)27(28)29-21-13-2-1-3-14-21/h1-18,30H/b29-27+. The van der Waals surface area contributed by atoms with Crippen LogP contribution < -0.4 is 0 Å². The van der Waals surface area contributed by atoms with E-state index in [-0.39, 0.29) is 0 Å². The van der Waals surface area contributed by atoms with Crippen molar-refractivity contribution in [3.8, 4) is 0 Å². The molecule has 1 atom stereocenters. The van der Waals surface area contributed by atoms with Crippen LogP contribution in [0.1, 0.15) is 16.7 Å². The molecule has 1 aliphatic rings. The van der Waals surface area contributed by atoms with Crippen LogP contribution in [0.3, 0.4) is 0 Å². The molecule has 2 heteroatoms. The predicted octanol–water partition coefficient (Wildman–Crippen LogP) is 6.36. The molecular weight excluding hydrogens is 366 g/mol. The smallest absolute Gasteiger partial charge is 0.159 e. The highest BCUT2D eigenvalue weighted by molar-refractivity contribution is 6.24. The summed E-state index contributed by atoms with van der Waals surface area (Å²) in [4.78, 5) is 5.00. The number of benzene rings is 5. The topological polar surface area (TPSA) is 32.6 Å². The van der Waals surface area contributed by atoms with Crippen LogP contribution in [0, 0.1) is 0 Å². The lowest BCUT2D eigenvalue weighted by Gasteiger charge is -2.28. The highest BCUT2D eigenvalue weighted by atomic mass is 16.3. The zero-order chi connectivity index (χ0) is 20.1. The molecule has 0 fully saturated rings. The first kappa shape index (κ1) is 17.1. The van der Waals surface area contributed by atoms with E-state index in [0.717, 1.165) is 43.9 Å². The second-order valence-corrected chi connectivity index (χ2v) is 7.74. The van der Waals surface area contributed by atoms with Crippen LogP contribution in [0.2, 0.25) is 0 Å². The molecule has 0 saturated heterocycles. The van der Waals surface area contributed by atoms with Crippen molar-refractivity contribution in [2.75, 3.05) is 0 Å². The van der Waals surface area contributed by atoms with Gasteiger partial charge in [0, 0.05) is 16.7 Å². The summed E-state index contributed by atoms with van der Waals surface area (Å²) >= 11 is 0. The van der Waals surface area contributed by atoms with Crippen LogP contribution in [0.25, 0.3) is 21.5 Å². The molecule has 0 aromatic heterocycles. The fourth-order valence-corrected chi connectivity index (χ4v) is 4.75. The molecule has 5 aromatic rings. The van der Waals surface area contributed by atoms with Gasteiger partial charge in [0.15, 0.2) is 5.60 Å². The molecule has 1 N–H and O–H groups in total. The monoisotopic (exact) mass is 385 g/mol. The van der Waals surface area contributed by atoms with Crippen molar-refractivity contribution in [3.05, 3.63) is 126 Å². The molecule has 142 valence electrons. The van der Waals surface area contributed by atoms with E-state index in [1.807, 2.05) is 72.8 Å². The minimum Gasteiger partial charge on any atom is -0.374 e. The molecule has 1 aliphatic carbocycles. The van der Waals surface area contributed by atoms with Gasteiger partial charge in [0.2, 0.25) is 0 Å². The molecular formula is C28H19NO. The van der Waals surface area contributed by atoms with E-state index in [9.17, 15) is 5.11 Å². The summed E-state index contributed by atoms with van der Waals surface area (Å²) in [6.45, 7) is 0. The summed E-state index contributed by atoms with van der Waals surface area (Å²) in [6, 6.07) is 36.5. The van der Waals surface area contributed by atoms with Crippen molar-refractivity contribution >= 4 is 32.9 Å². The molecule has 1 unspecified atom stereocenters. The lowest BCUT2D eigenvalue weighted by atomic mass is 9.82. The Balaban J connectivity index is 1.75. The molecule has 0 bridgehead atoms. The van der Waals surface area contributed by atoms with Crippen LogP contribution in [-0.4, -0.2) is 10.8 Å². The van der Waals surface area contributed by atoms with Crippen LogP contribution in [0.5, 0.6) is 0 Å². The van der Waals surface area contributed by atoms with E-state index >= 15 is 0 Å². The van der Waals surface area contributed by atoms with Gasteiger partial charge in [-0.3, -0.25) is 0 Å². The first-order valence-electron chi connectivity index (χ1n) is 10.1. The van der Waals surface area contributed by atoms with Crippen molar-refractivity contribution in [2.45, 2.75) is 5.60 Å². The highest BCUT2D eigenvalue weighted by Crippen LogP contribution is 2.47. The first-order chi connectivity index (χ1) is 14.8. The van der Waals surface area contributed by atoms with Gasteiger partial charge in [0.25, 0.3) is 0 Å². The van der Waals surface area contributed by atoms with Gasteiger partial charge in [-0.15, -0.1) is 0 Å². The third-order valence-corrected chi connectivity index (χ3v) is 6.07. The predicted molar refractivity (Wildman–Crippen MR) is 124 cm³/mol. The quantitative estimate of drug-likeness (QED) is 0.377. The fraction of sp³-hybridized carbons (Fsp3) is 0.0357. The molecule has 0 amide bonds. The van der Waals surface area contributed by atoms with Gasteiger partial charge < -0.3 is 5.11 Å².